The molecular weight excluding hydrogens is 444 g/mol. The second-order valence-corrected chi connectivity index (χ2v) is 9.21. The zero-order valence-corrected chi connectivity index (χ0v) is 20.2. The minimum Gasteiger partial charge on any atom is -0.480 e. The molecule has 1 rings (SSSR count). The van der Waals surface area contributed by atoms with Crippen molar-refractivity contribution in [1.29, 1.82) is 0 Å². The molecule has 0 saturated carbocycles. The number of carboxylic acids is 1. The van der Waals surface area contributed by atoms with E-state index < -0.39 is 47.9 Å². The lowest BCUT2D eigenvalue weighted by Crippen LogP contribution is -2.55. The van der Waals surface area contributed by atoms with Crippen molar-refractivity contribution < 1.29 is 29.4 Å². The molecule has 1 aromatic heterocycles. The number of aromatic nitrogens is 2. The molecule has 4 atom stereocenters. The van der Waals surface area contributed by atoms with Crippen LogP contribution in [0.5, 0.6) is 0 Å². The minimum atomic E-state index is -1.27. The maximum Gasteiger partial charge on any atom is 0.326 e. The summed E-state index contributed by atoms with van der Waals surface area (Å²) in [6.07, 6.45) is 2.05. The fraction of sp³-hybridized carbons (Fsp3) is 0.682. The molecule has 3 amide bonds. The van der Waals surface area contributed by atoms with Crippen LogP contribution >= 0.6 is 0 Å². The number of amides is 3. The van der Waals surface area contributed by atoms with Gasteiger partial charge in [-0.1, -0.05) is 27.7 Å². The molecule has 0 aromatic carbocycles. The summed E-state index contributed by atoms with van der Waals surface area (Å²) in [5.41, 5.74) is 5.98. The van der Waals surface area contributed by atoms with Gasteiger partial charge in [-0.2, -0.15) is 0 Å². The van der Waals surface area contributed by atoms with Crippen molar-refractivity contribution in [3.63, 3.8) is 0 Å². The molecule has 0 saturated heterocycles. The molecule has 12 heteroatoms. The molecule has 12 nitrogen and oxygen atoms in total. The van der Waals surface area contributed by atoms with Crippen molar-refractivity contribution in [3.8, 4) is 0 Å². The first-order chi connectivity index (χ1) is 15.9. The number of imidazole rings is 1. The molecule has 0 spiro atoms. The molecule has 0 aliphatic rings. The Balaban J connectivity index is 2.90. The van der Waals surface area contributed by atoms with E-state index in [1.165, 1.54) is 12.5 Å². The van der Waals surface area contributed by atoms with E-state index in [0.717, 1.165) is 0 Å². The Bertz CT molecular complexity index is 798. The number of carbonyl (C=O) groups is 4. The summed E-state index contributed by atoms with van der Waals surface area (Å²) >= 11 is 0. The van der Waals surface area contributed by atoms with Gasteiger partial charge in [0.05, 0.1) is 31.4 Å². The molecule has 8 N–H and O–H groups in total. The van der Waals surface area contributed by atoms with Crippen LogP contribution in [0, 0.1) is 11.8 Å². The summed E-state index contributed by atoms with van der Waals surface area (Å²) in [7, 11) is 0. The number of nitrogens with two attached hydrogens (primary N) is 1. The first-order valence-electron chi connectivity index (χ1n) is 11.4. The number of aliphatic hydroxyl groups is 1. The first kappa shape index (κ1) is 29.0. The average Bonchev–Trinajstić information content (AvgIpc) is 3.24. The smallest absolute Gasteiger partial charge is 0.326 e. The van der Waals surface area contributed by atoms with Gasteiger partial charge in [0, 0.05) is 18.3 Å². The van der Waals surface area contributed by atoms with Crippen LogP contribution in [0.2, 0.25) is 0 Å². The highest BCUT2D eigenvalue weighted by Gasteiger charge is 2.30. The number of H-pyrrole nitrogens is 1. The van der Waals surface area contributed by atoms with Crippen LogP contribution in [0.15, 0.2) is 12.5 Å². The van der Waals surface area contributed by atoms with E-state index in [1.807, 2.05) is 27.7 Å². The van der Waals surface area contributed by atoms with Crippen molar-refractivity contribution >= 4 is 23.7 Å². The predicted octanol–water partition coefficient (Wildman–Crippen LogP) is -0.707. The summed E-state index contributed by atoms with van der Waals surface area (Å²) in [5, 5.41) is 27.8. The maximum absolute atomic E-state index is 13.0. The Hall–Kier alpha value is -2.99. The number of aromatic amines is 1. The van der Waals surface area contributed by atoms with Crippen molar-refractivity contribution in [3.05, 3.63) is 18.2 Å². The highest BCUT2D eigenvalue weighted by Crippen LogP contribution is 2.13. The molecule has 0 aliphatic carbocycles. The average molecular weight is 483 g/mol. The first-order valence-corrected chi connectivity index (χ1v) is 11.4. The lowest BCUT2D eigenvalue weighted by Gasteiger charge is -2.28. The van der Waals surface area contributed by atoms with Gasteiger partial charge in [0.2, 0.25) is 17.7 Å². The number of aliphatic carboxylic acids is 1. The number of aliphatic hydroxyl groups excluding tert-OH is 1. The predicted molar refractivity (Wildman–Crippen MR) is 124 cm³/mol. The molecule has 192 valence electrons. The monoisotopic (exact) mass is 482 g/mol. The number of rotatable bonds is 15. The third-order valence-corrected chi connectivity index (χ3v) is 5.07. The summed E-state index contributed by atoms with van der Waals surface area (Å²) < 4.78 is 0. The van der Waals surface area contributed by atoms with Crippen LogP contribution < -0.4 is 21.7 Å². The second kappa shape index (κ2) is 14.3. The van der Waals surface area contributed by atoms with E-state index in [-0.39, 0.29) is 37.6 Å². The van der Waals surface area contributed by atoms with Gasteiger partial charge in [-0.3, -0.25) is 14.4 Å². The summed E-state index contributed by atoms with van der Waals surface area (Å²) in [4.78, 5) is 55.4. The lowest BCUT2D eigenvalue weighted by molar-refractivity contribution is -0.142. The van der Waals surface area contributed by atoms with E-state index in [4.69, 9.17) is 5.73 Å². The highest BCUT2D eigenvalue weighted by molar-refractivity contribution is 5.89. The van der Waals surface area contributed by atoms with Crippen molar-refractivity contribution in [1.82, 2.24) is 25.9 Å². The number of nitrogens with zero attached hydrogens (tertiary/aromatic N) is 1. The number of hydrogen-bond acceptors (Lipinski definition) is 7. The number of nitrogens with one attached hydrogen (secondary N) is 4. The molecule has 0 bridgehead atoms. The van der Waals surface area contributed by atoms with Gasteiger partial charge in [0.25, 0.3) is 0 Å². The molecular formula is C22H38N6O6. The van der Waals surface area contributed by atoms with E-state index in [1.54, 1.807) is 0 Å². The van der Waals surface area contributed by atoms with Crippen molar-refractivity contribution in [2.24, 2.45) is 17.6 Å². The summed E-state index contributed by atoms with van der Waals surface area (Å²) in [5.74, 6) is -2.74. The Labute approximate surface area is 199 Å². The van der Waals surface area contributed by atoms with E-state index in [2.05, 4.69) is 25.9 Å². The van der Waals surface area contributed by atoms with Gasteiger partial charge >= 0.3 is 5.97 Å². The Morgan fingerprint density at radius 2 is 1.62 bits per heavy atom. The van der Waals surface area contributed by atoms with Crippen LogP contribution in [0.3, 0.4) is 0 Å². The zero-order chi connectivity index (χ0) is 25.8. The SMILES string of the molecule is CC(C)C[C@H](NC(=O)C[C@H](O)[C@H](CC(C)C)NC(=O)[C@H](Cc1cnc[nH]1)NC(=O)CN)C(=O)O. The summed E-state index contributed by atoms with van der Waals surface area (Å²) in [6, 6.07) is -2.84. The molecule has 34 heavy (non-hydrogen) atoms. The molecule has 0 fully saturated rings. The van der Waals surface area contributed by atoms with E-state index in [0.29, 0.717) is 12.1 Å². The van der Waals surface area contributed by atoms with Crippen LogP contribution in [-0.2, 0) is 25.6 Å². The molecule has 1 aromatic rings. The van der Waals surface area contributed by atoms with Crippen LogP contribution in [-0.4, -0.2) is 74.6 Å². The molecule has 0 unspecified atom stereocenters. The number of carboxylic acid groups (broad SMARTS) is 1. The van der Waals surface area contributed by atoms with Gasteiger partial charge in [-0.15, -0.1) is 0 Å². The van der Waals surface area contributed by atoms with Crippen LogP contribution in [0.1, 0.15) is 52.7 Å². The summed E-state index contributed by atoms with van der Waals surface area (Å²) in [6.45, 7) is 7.18. The number of carbonyl (C=O) groups excluding carboxylic acids is 3. The quantitative estimate of drug-likeness (QED) is 0.170. The highest BCUT2D eigenvalue weighted by atomic mass is 16.4. The van der Waals surface area contributed by atoms with E-state index in [9.17, 15) is 29.4 Å². The normalized spacial score (nSPS) is 14.8. The van der Waals surface area contributed by atoms with Gasteiger partial charge in [-0.25, -0.2) is 9.78 Å². The molecule has 0 radical (unpaired) electrons. The number of hydrogen-bond donors (Lipinski definition) is 7. The molecule has 0 aliphatic heterocycles. The Morgan fingerprint density at radius 1 is 1.00 bits per heavy atom. The Morgan fingerprint density at radius 3 is 2.12 bits per heavy atom. The third kappa shape index (κ3) is 10.8. The van der Waals surface area contributed by atoms with Crippen LogP contribution in [0.25, 0.3) is 0 Å². The van der Waals surface area contributed by atoms with Gasteiger partial charge < -0.3 is 36.9 Å². The molecule has 1 heterocycles. The van der Waals surface area contributed by atoms with Gasteiger partial charge in [0.1, 0.15) is 12.1 Å². The second-order valence-electron chi connectivity index (χ2n) is 9.21. The largest absolute Gasteiger partial charge is 0.480 e. The Kier molecular flexibility index (Phi) is 12.2. The fourth-order valence-corrected chi connectivity index (χ4v) is 3.46. The van der Waals surface area contributed by atoms with Crippen LogP contribution in [0.4, 0.5) is 0 Å². The van der Waals surface area contributed by atoms with Crippen molar-refractivity contribution in [2.45, 2.75) is 77.6 Å². The van der Waals surface area contributed by atoms with Gasteiger partial charge in [0.15, 0.2) is 0 Å². The minimum absolute atomic E-state index is 0.0508. The fourth-order valence-electron chi connectivity index (χ4n) is 3.46. The lowest BCUT2D eigenvalue weighted by atomic mass is 9.96. The third-order valence-electron chi connectivity index (χ3n) is 5.07. The maximum atomic E-state index is 13.0. The van der Waals surface area contributed by atoms with E-state index >= 15 is 0 Å². The van der Waals surface area contributed by atoms with Gasteiger partial charge in [-0.05, 0) is 24.7 Å². The zero-order valence-electron chi connectivity index (χ0n) is 20.2. The van der Waals surface area contributed by atoms with Crippen molar-refractivity contribution in [2.75, 3.05) is 6.54 Å². The standard InChI is InChI=1S/C22H38N6O6/c1-12(2)5-15(18(29)8-19(30)27-17(22(33)34)6-13(3)4)28-21(32)16(26-20(31)9-23)7-14-10-24-11-25-14/h10-13,15-18,29H,5-9,23H2,1-4H3,(H,24,25)(H,26,31)(H,27,30)(H,28,32)(H,33,34)/t15-,16-,17-,18-/m0/s1. The topological polar surface area (TPSA) is 200 Å².